The molecule has 0 bridgehead atoms. The second-order valence-electron chi connectivity index (χ2n) is 3.73. The number of ether oxygens (including phenoxy) is 1. The van der Waals surface area contributed by atoms with Gasteiger partial charge >= 0.3 is 5.97 Å². The van der Waals surface area contributed by atoms with Crippen molar-refractivity contribution in [2.45, 2.75) is 18.4 Å². The molecule has 2 saturated heterocycles. The molecule has 2 aliphatic rings. The topological polar surface area (TPSA) is 58.6 Å². The molecule has 2 fully saturated rings. The Bertz CT molecular complexity index is 190. The van der Waals surface area contributed by atoms with Gasteiger partial charge in [-0.15, -0.1) is 0 Å². The third-order valence-corrected chi connectivity index (χ3v) is 2.80. The molecule has 0 saturated carbocycles. The number of piperidine rings is 1. The summed E-state index contributed by atoms with van der Waals surface area (Å²) in [7, 11) is 0. The zero-order chi connectivity index (χ0) is 8.60. The first-order chi connectivity index (χ1) is 5.72. The molecule has 0 aromatic rings. The molecule has 12 heavy (non-hydrogen) atoms. The van der Waals surface area contributed by atoms with Crippen LogP contribution >= 0.6 is 0 Å². The number of aliphatic carboxylic acids is 1. The Hall–Kier alpha value is -0.610. The molecule has 1 unspecified atom stereocenters. The van der Waals surface area contributed by atoms with Gasteiger partial charge < -0.3 is 15.2 Å². The molecule has 0 aliphatic carbocycles. The second-order valence-corrected chi connectivity index (χ2v) is 3.73. The fourth-order valence-corrected chi connectivity index (χ4v) is 1.79. The van der Waals surface area contributed by atoms with Crippen molar-refractivity contribution in [1.29, 1.82) is 0 Å². The van der Waals surface area contributed by atoms with Crippen LogP contribution in [0.1, 0.15) is 12.8 Å². The van der Waals surface area contributed by atoms with Crippen LogP contribution < -0.4 is 5.32 Å². The fraction of sp³-hybridized carbons (Fsp3) is 0.875. The van der Waals surface area contributed by atoms with Gasteiger partial charge in [0.15, 0.2) is 0 Å². The molecule has 0 aromatic heterocycles. The summed E-state index contributed by atoms with van der Waals surface area (Å²) in [5, 5.41) is 12.0. The van der Waals surface area contributed by atoms with Crippen molar-refractivity contribution in [1.82, 2.24) is 5.32 Å². The van der Waals surface area contributed by atoms with Crippen molar-refractivity contribution < 1.29 is 14.6 Å². The minimum absolute atomic E-state index is 0.131. The molecule has 2 rings (SSSR count). The van der Waals surface area contributed by atoms with Gasteiger partial charge in [-0.3, -0.25) is 4.79 Å². The van der Waals surface area contributed by atoms with Crippen molar-refractivity contribution in [3.63, 3.8) is 0 Å². The normalized spacial score (nSPS) is 32.8. The summed E-state index contributed by atoms with van der Waals surface area (Å²) in [6.45, 7) is 2.09. The van der Waals surface area contributed by atoms with Gasteiger partial charge in [-0.2, -0.15) is 0 Å². The summed E-state index contributed by atoms with van der Waals surface area (Å²) in [5.41, 5.74) is 0.131. The Morgan fingerprint density at radius 1 is 1.58 bits per heavy atom. The summed E-state index contributed by atoms with van der Waals surface area (Å²) in [6, 6.07) is 0. The van der Waals surface area contributed by atoms with E-state index in [0.29, 0.717) is 6.54 Å². The van der Waals surface area contributed by atoms with E-state index in [1.807, 2.05) is 0 Å². The summed E-state index contributed by atoms with van der Waals surface area (Å²) >= 11 is 0. The van der Waals surface area contributed by atoms with Crippen molar-refractivity contribution >= 4 is 5.97 Å². The van der Waals surface area contributed by atoms with Crippen LogP contribution in [0.5, 0.6) is 0 Å². The SMILES string of the molecule is O=C(O)C1CCC2(COC2)NC1. The summed E-state index contributed by atoms with van der Waals surface area (Å²) in [5.74, 6) is -0.881. The molecule has 4 nitrogen and oxygen atoms in total. The minimum Gasteiger partial charge on any atom is -0.481 e. The lowest BCUT2D eigenvalue weighted by atomic mass is 9.83. The highest BCUT2D eigenvalue weighted by Gasteiger charge is 2.42. The van der Waals surface area contributed by atoms with E-state index in [1.54, 1.807) is 0 Å². The Morgan fingerprint density at radius 3 is 2.67 bits per heavy atom. The van der Waals surface area contributed by atoms with E-state index in [0.717, 1.165) is 26.1 Å². The predicted octanol–water partition coefficient (Wildman–Crippen LogP) is -0.160. The summed E-state index contributed by atoms with van der Waals surface area (Å²) < 4.78 is 5.10. The van der Waals surface area contributed by atoms with Crippen LogP contribution in [0, 0.1) is 5.92 Å². The van der Waals surface area contributed by atoms with Crippen LogP contribution in [-0.2, 0) is 9.53 Å². The van der Waals surface area contributed by atoms with E-state index in [9.17, 15) is 4.79 Å². The zero-order valence-corrected chi connectivity index (χ0v) is 6.88. The van der Waals surface area contributed by atoms with Gasteiger partial charge in [0.2, 0.25) is 0 Å². The quantitative estimate of drug-likeness (QED) is 0.575. The molecule has 0 radical (unpaired) electrons. The summed E-state index contributed by atoms with van der Waals surface area (Å²) in [4.78, 5) is 10.6. The first kappa shape index (κ1) is 8.01. The van der Waals surface area contributed by atoms with E-state index in [-0.39, 0.29) is 11.5 Å². The molecule has 0 aromatic carbocycles. The Labute approximate surface area is 70.9 Å². The predicted molar refractivity (Wildman–Crippen MR) is 41.9 cm³/mol. The standard InChI is InChI=1S/C8H13NO3/c10-7(11)6-1-2-8(9-3-6)4-12-5-8/h6,9H,1-5H2,(H,10,11). The molecule has 1 atom stereocenters. The largest absolute Gasteiger partial charge is 0.481 e. The van der Waals surface area contributed by atoms with Crippen LogP contribution in [-0.4, -0.2) is 36.4 Å². The maximum Gasteiger partial charge on any atom is 0.307 e. The molecule has 68 valence electrons. The number of carboxylic acids is 1. The van der Waals surface area contributed by atoms with E-state index in [1.165, 1.54) is 0 Å². The van der Waals surface area contributed by atoms with Crippen molar-refractivity contribution in [2.24, 2.45) is 5.92 Å². The van der Waals surface area contributed by atoms with Crippen molar-refractivity contribution in [2.75, 3.05) is 19.8 Å². The number of nitrogens with one attached hydrogen (secondary N) is 1. The molecule has 2 heterocycles. The van der Waals surface area contributed by atoms with E-state index < -0.39 is 5.97 Å². The van der Waals surface area contributed by atoms with E-state index in [2.05, 4.69) is 5.32 Å². The lowest BCUT2D eigenvalue weighted by Gasteiger charge is -2.46. The van der Waals surface area contributed by atoms with Gasteiger partial charge in [0.05, 0.1) is 24.7 Å². The first-order valence-electron chi connectivity index (χ1n) is 4.27. The molecular weight excluding hydrogens is 158 g/mol. The van der Waals surface area contributed by atoms with Crippen LogP contribution in [0.15, 0.2) is 0 Å². The average Bonchev–Trinajstić information content (AvgIpc) is 2.02. The number of carbonyl (C=O) groups is 1. The van der Waals surface area contributed by atoms with Crippen LogP contribution in [0.2, 0.25) is 0 Å². The van der Waals surface area contributed by atoms with Crippen LogP contribution in [0.3, 0.4) is 0 Å². The minimum atomic E-state index is -0.683. The zero-order valence-electron chi connectivity index (χ0n) is 6.88. The maximum atomic E-state index is 10.6. The first-order valence-corrected chi connectivity index (χ1v) is 4.27. The van der Waals surface area contributed by atoms with E-state index in [4.69, 9.17) is 9.84 Å². The number of hydrogen-bond donors (Lipinski definition) is 2. The lowest BCUT2D eigenvalue weighted by Crippen LogP contribution is -2.64. The highest BCUT2D eigenvalue weighted by atomic mass is 16.5. The highest BCUT2D eigenvalue weighted by Crippen LogP contribution is 2.29. The van der Waals surface area contributed by atoms with Gasteiger partial charge in [0, 0.05) is 6.54 Å². The molecule has 4 heteroatoms. The number of hydrogen-bond acceptors (Lipinski definition) is 3. The van der Waals surface area contributed by atoms with Crippen LogP contribution in [0.4, 0.5) is 0 Å². The summed E-state index contributed by atoms with van der Waals surface area (Å²) in [6.07, 6.45) is 1.72. The van der Waals surface area contributed by atoms with Gasteiger partial charge in [-0.25, -0.2) is 0 Å². The van der Waals surface area contributed by atoms with Gasteiger partial charge in [-0.05, 0) is 12.8 Å². The Balaban J connectivity index is 1.88. The molecule has 0 amide bonds. The smallest absolute Gasteiger partial charge is 0.307 e. The lowest BCUT2D eigenvalue weighted by molar-refractivity contribution is -0.146. The number of rotatable bonds is 1. The third kappa shape index (κ3) is 1.21. The maximum absolute atomic E-state index is 10.6. The number of carboxylic acid groups (broad SMARTS) is 1. The van der Waals surface area contributed by atoms with E-state index >= 15 is 0 Å². The monoisotopic (exact) mass is 171 g/mol. The average molecular weight is 171 g/mol. The fourth-order valence-electron chi connectivity index (χ4n) is 1.79. The molecule has 2 N–H and O–H groups in total. The second kappa shape index (κ2) is 2.71. The molecule has 2 aliphatic heterocycles. The van der Waals surface area contributed by atoms with Crippen LogP contribution in [0.25, 0.3) is 0 Å². The van der Waals surface area contributed by atoms with Crippen molar-refractivity contribution in [3.05, 3.63) is 0 Å². The Morgan fingerprint density at radius 2 is 2.33 bits per heavy atom. The van der Waals surface area contributed by atoms with Crippen molar-refractivity contribution in [3.8, 4) is 0 Å². The van der Waals surface area contributed by atoms with Gasteiger partial charge in [0.25, 0.3) is 0 Å². The van der Waals surface area contributed by atoms with Gasteiger partial charge in [0.1, 0.15) is 0 Å². The molecule has 1 spiro atoms. The Kier molecular flexibility index (Phi) is 1.81. The highest BCUT2D eigenvalue weighted by molar-refractivity contribution is 5.70. The third-order valence-electron chi connectivity index (χ3n) is 2.80. The van der Waals surface area contributed by atoms with Gasteiger partial charge in [-0.1, -0.05) is 0 Å². The molecular formula is C8H13NO3.